The minimum atomic E-state index is -0.445. The number of hydrogen-bond donors (Lipinski definition) is 2. The lowest BCUT2D eigenvalue weighted by Gasteiger charge is -2.20. The standard InChI is InChI=1S/C15H15BrClFN2O/c1-21-14-4-2-3-12(18)15(14)13(20-19)7-9-5-6-10(16)8-11(9)17/h2-6,8,13,20H,7,19H2,1H3. The van der Waals surface area contributed by atoms with Gasteiger partial charge in [0.05, 0.1) is 13.2 Å². The van der Waals surface area contributed by atoms with Crippen molar-refractivity contribution in [2.45, 2.75) is 12.5 Å². The zero-order valence-corrected chi connectivity index (χ0v) is 13.7. The molecule has 112 valence electrons. The highest BCUT2D eigenvalue weighted by molar-refractivity contribution is 9.10. The SMILES string of the molecule is COc1cccc(F)c1C(Cc1ccc(Br)cc1Cl)NN. The molecule has 0 heterocycles. The number of hydrogen-bond acceptors (Lipinski definition) is 3. The van der Waals surface area contributed by atoms with Gasteiger partial charge in [0.25, 0.3) is 0 Å². The van der Waals surface area contributed by atoms with Crippen molar-refractivity contribution in [1.29, 1.82) is 0 Å². The molecule has 0 saturated carbocycles. The van der Waals surface area contributed by atoms with Crippen molar-refractivity contribution in [2.24, 2.45) is 5.84 Å². The molecule has 0 amide bonds. The highest BCUT2D eigenvalue weighted by atomic mass is 79.9. The van der Waals surface area contributed by atoms with Gasteiger partial charge in [-0.1, -0.05) is 39.7 Å². The Morgan fingerprint density at radius 1 is 1.38 bits per heavy atom. The van der Waals surface area contributed by atoms with E-state index in [-0.39, 0.29) is 5.82 Å². The number of ether oxygens (including phenoxy) is 1. The maximum absolute atomic E-state index is 14.1. The molecule has 0 aromatic heterocycles. The van der Waals surface area contributed by atoms with Gasteiger partial charge < -0.3 is 4.74 Å². The van der Waals surface area contributed by atoms with Crippen molar-refractivity contribution in [3.8, 4) is 5.75 Å². The van der Waals surface area contributed by atoms with Gasteiger partial charge in [-0.15, -0.1) is 0 Å². The summed E-state index contributed by atoms with van der Waals surface area (Å²) in [7, 11) is 1.50. The lowest BCUT2D eigenvalue weighted by molar-refractivity contribution is 0.390. The van der Waals surface area contributed by atoms with E-state index < -0.39 is 6.04 Å². The van der Waals surface area contributed by atoms with Gasteiger partial charge in [0, 0.05) is 15.1 Å². The van der Waals surface area contributed by atoms with Crippen molar-refractivity contribution in [3.05, 3.63) is 62.8 Å². The summed E-state index contributed by atoms with van der Waals surface area (Å²) in [5.41, 5.74) is 3.89. The zero-order chi connectivity index (χ0) is 15.4. The van der Waals surface area contributed by atoms with Crippen LogP contribution in [0, 0.1) is 5.82 Å². The number of hydrazine groups is 1. The van der Waals surface area contributed by atoms with Gasteiger partial charge >= 0.3 is 0 Å². The molecule has 0 aliphatic carbocycles. The average molecular weight is 374 g/mol. The molecule has 6 heteroatoms. The molecule has 0 bridgehead atoms. The normalized spacial score (nSPS) is 12.2. The second-order valence-electron chi connectivity index (χ2n) is 4.51. The van der Waals surface area contributed by atoms with E-state index in [2.05, 4.69) is 21.4 Å². The molecule has 21 heavy (non-hydrogen) atoms. The van der Waals surface area contributed by atoms with Gasteiger partial charge in [-0.25, -0.2) is 4.39 Å². The fourth-order valence-electron chi connectivity index (χ4n) is 2.18. The third-order valence-electron chi connectivity index (χ3n) is 3.22. The fourth-order valence-corrected chi connectivity index (χ4v) is 2.94. The smallest absolute Gasteiger partial charge is 0.131 e. The van der Waals surface area contributed by atoms with Crippen molar-refractivity contribution in [1.82, 2.24) is 5.43 Å². The van der Waals surface area contributed by atoms with Gasteiger partial charge in [-0.3, -0.25) is 11.3 Å². The van der Waals surface area contributed by atoms with E-state index in [0.717, 1.165) is 10.0 Å². The van der Waals surface area contributed by atoms with Crippen LogP contribution in [0.15, 0.2) is 40.9 Å². The molecule has 0 aliphatic heterocycles. The Morgan fingerprint density at radius 3 is 2.76 bits per heavy atom. The highest BCUT2D eigenvalue weighted by Gasteiger charge is 2.20. The minimum Gasteiger partial charge on any atom is -0.496 e. The molecule has 0 radical (unpaired) electrons. The van der Waals surface area contributed by atoms with Crippen LogP contribution in [0.25, 0.3) is 0 Å². The van der Waals surface area contributed by atoms with Crippen LogP contribution in [0.1, 0.15) is 17.2 Å². The van der Waals surface area contributed by atoms with E-state index in [1.54, 1.807) is 18.2 Å². The number of methoxy groups -OCH3 is 1. The van der Waals surface area contributed by atoms with Gasteiger partial charge in [0.2, 0.25) is 0 Å². The molecule has 1 unspecified atom stereocenters. The van der Waals surface area contributed by atoms with Crippen LogP contribution in [0.5, 0.6) is 5.75 Å². The van der Waals surface area contributed by atoms with Crippen molar-refractivity contribution >= 4 is 27.5 Å². The van der Waals surface area contributed by atoms with E-state index in [0.29, 0.717) is 22.8 Å². The summed E-state index contributed by atoms with van der Waals surface area (Å²) in [5, 5.41) is 0.597. The van der Waals surface area contributed by atoms with Crippen LogP contribution < -0.4 is 16.0 Å². The highest BCUT2D eigenvalue weighted by Crippen LogP contribution is 2.32. The second kappa shape index (κ2) is 7.22. The van der Waals surface area contributed by atoms with E-state index in [9.17, 15) is 4.39 Å². The quantitative estimate of drug-likeness (QED) is 0.615. The molecule has 0 aliphatic rings. The number of nitrogens with one attached hydrogen (secondary N) is 1. The molecule has 2 rings (SSSR count). The monoisotopic (exact) mass is 372 g/mol. The first-order valence-electron chi connectivity index (χ1n) is 6.29. The first kappa shape index (κ1) is 16.2. The number of nitrogens with two attached hydrogens (primary N) is 1. The van der Waals surface area contributed by atoms with Crippen LogP contribution in [-0.4, -0.2) is 7.11 Å². The molecule has 3 nitrogen and oxygen atoms in total. The van der Waals surface area contributed by atoms with Gasteiger partial charge in [-0.2, -0.15) is 0 Å². The molecule has 3 N–H and O–H groups in total. The van der Waals surface area contributed by atoms with E-state index in [4.69, 9.17) is 22.2 Å². The van der Waals surface area contributed by atoms with E-state index >= 15 is 0 Å². The predicted molar refractivity (Wildman–Crippen MR) is 85.9 cm³/mol. The Balaban J connectivity index is 2.36. The first-order chi connectivity index (χ1) is 10.1. The van der Waals surface area contributed by atoms with Crippen molar-refractivity contribution < 1.29 is 9.13 Å². The largest absolute Gasteiger partial charge is 0.496 e. The summed E-state index contributed by atoms with van der Waals surface area (Å²) in [6.45, 7) is 0. The molecular weight excluding hydrogens is 359 g/mol. The minimum absolute atomic E-state index is 0.370. The summed E-state index contributed by atoms with van der Waals surface area (Å²) in [6, 6.07) is 9.79. The van der Waals surface area contributed by atoms with Gasteiger partial charge in [-0.05, 0) is 36.2 Å². The Morgan fingerprint density at radius 2 is 2.14 bits per heavy atom. The topological polar surface area (TPSA) is 47.3 Å². The van der Waals surface area contributed by atoms with Crippen LogP contribution in [-0.2, 0) is 6.42 Å². The molecule has 0 saturated heterocycles. The maximum Gasteiger partial charge on any atom is 0.131 e. The summed E-state index contributed by atoms with van der Waals surface area (Å²) in [6.07, 6.45) is 0.444. The molecule has 0 spiro atoms. The Kier molecular flexibility index (Phi) is 5.58. The predicted octanol–water partition coefficient (Wildman–Crippen LogP) is 4.00. The summed E-state index contributed by atoms with van der Waals surface area (Å²) in [4.78, 5) is 0. The summed E-state index contributed by atoms with van der Waals surface area (Å²) < 4.78 is 20.2. The van der Waals surface area contributed by atoms with Crippen LogP contribution >= 0.6 is 27.5 Å². The lowest BCUT2D eigenvalue weighted by atomic mass is 9.98. The Hall–Kier alpha value is -1.14. The van der Waals surface area contributed by atoms with Crippen molar-refractivity contribution in [2.75, 3.05) is 7.11 Å². The lowest BCUT2D eigenvalue weighted by Crippen LogP contribution is -2.30. The van der Waals surface area contributed by atoms with E-state index in [1.807, 2.05) is 12.1 Å². The first-order valence-corrected chi connectivity index (χ1v) is 7.46. The third-order valence-corrected chi connectivity index (χ3v) is 4.07. The van der Waals surface area contributed by atoms with Gasteiger partial charge in [0.15, 0.2) is 0 Å². The molecule has 2 aromatic rings. The molecule has 2 aromatic carbocycles. The van der Waals surface area contributed by atoms with E-state index in [1.165, 1.54) is 13.2 Å². The average Bonchev–Trinajstić information content (AvgIpc) is 2.47. The van der Waals surface area contributed by atoms with Gasteiger partial charge in [0.1, 0.15) is 11.6 Å². The number of rotatable bonds is 5. The number of halogens is 3. The maximum atomic E-state index is 14.1. The van der Waals surface area contributed by atoms with Crippen LogP contribution in [0.3, 0.4) is 0 Å². The van der Waals surface area contributed by atoms with Crippen LogP contribution in [0.2, 0.25) is 5.02 Å². The zero-order valence-electron chi connectivity index (χ0n) is 11.4. The van der Waals surface area contributed by atoms with Crippen LogP contribution in [0.4, 0.5) is 4.39 Å². The Labute approximate surface area is 136 Å². The fraction of sp³-hybridized carbons (Fsp3) is 0.200. The van der Waals surface area contributed by atoms with Crippen molar-refractivity contribution in [3.63, 3.8) is 0 Å². The summed E-state index contributed by atoms with van der Waals surface area (Å²) >= 11 is 9.56. The molecule has 1 atom stereocenters. The Bertz CT molecular complexity index is 639. The molecule has 0 fully saturated rings. The number of benzene rings is 2. The second-order valence-corrected chi connectivity index (χ2v) is 5.84. The molecular formula is C15H15BrClFN2O. The third kappa shape index (κ3) is 3.74. The summed E-state index contributed by atoms with van der Waals surface area (Å²) in [5.74, 6) is 5.68.